The maximum Gasteiger partial charge on any atom is 0.193 e. The highest BCUT2D eigenvalue weighted by Gasteiger charge is 2.49. The topological polar surface area (TPSA) is 9.23 Å². The minimum Gasteiger partial charge on any atom is -0.407 e. The van der Waals surface area contributed by atoms with Gasteiger partial charge in [-0.1, -0.05) is 34.1 Å². The lowest BCUT2D eigenvalue weighted by Gasteiger charge is -2.38. The zero-order chi connectivity index (χ0) is 13.9. The van der Waals surface area contributed by atoms with E-state index in [1.807, 2.05) is 0 Å². The van der Waals surface area contributed by atoms with Gasteiger partial charge in [0, 0.05) is 0 Å². The molecule has 18 heavy (non-hydrogen) atoms. The molecule has 0 spiro atoms. The lowest BCUT2D eigenvalue weighted by Crippen LogP contribution is -2.44. The summed E-state index contributed by atoms with van der Waals surface area (Å²) in [5.41, 5.74) is 3.38. The van der Waals surface area contributed by atoms with Crippen molar-refractivity contribution in [1.82, 2.24) is 0 Å². The highest BCUT2D eigenvalue weighted by molar-refractivity contribution is 6.74. The first-order valence-corrected chi connectivity index (χ1v) is 10.3. The van der Waals surface area contributed by atoms with Crippen LogP contribution in [0.1, 0.15) is 59.8 Å². The van der Waals surface area contributed by atoms with Crippen LogP contribution in [0.3, 0.4) is 0 Å². The Hall–Kier alpha value is -0.303. The highest BCUT2D eigenvalue weighted by Crippen LogP contribution is 2.48. The summed E-state index contributed by atoms with van der Waals surface area (Å²) in [5, 5.41) is 0.294. The third-order valence-electron chi connectivity index (χ3n) is 4.17. The van der Waals surface area contributed by atoms with Gasteiger partial charge in [0.15, 0.2) is 8.32 Å². The fourth-order valence-electron chi connectivity index (χ4n) is 1.66. The van der Waals surface area contributed by atoms with Gasteiger partial charge in [-0.2, -0.15) is 0 Å². The van der Waals surface area contributed by atoms with Gasteiger partial charge in [-0.05, 0) is 56.0 Å². The molecule has 1 nitrogen and oxygen atoms in total. The molecular formula is C16H30OSi. The predicted octanol–water partition coefficient (Wildman–Crippen LogP) is 5.44. The average molecular weight is 267 g/mol. The average Bonchev–Trinajstić information content (AvgIpc) is 2.95. The molecule has 0 aromatic heterocycles. The fourth-order valence-corrected chi connectivity index (χ4v) is 3.25. The van der Waals surface area contributed by atoms with Crippen LogP contribution in [0.4, 0.5) is 0 Å². The van der Waals surface area contributed by atoms with Gasteiger partial charge in [-0.25, -0.2) is 0 Å². The van der Waals surface area contributed by atoms with Crippen LogP contribution in [0, 0.1) is 0 Å². The summed E-state index contributed by atoms with van der Waals surface area (Å²) in [6.45, 7) is 13.8. The molecule has 2 heteroatoms. The molecule has 0 atom stereocenters. The van der Waals surface area contributed by atoms with Gasteiger partial charge in [0.25, 0.3) is 0 Å². The highest BCUT2D eigenvalue weighted by atomic mass is 28.4. The Kier molecular flexibility index (Phi) is 5.05. The molecule has 0 amide bonds. The second-order valence-corrected chi connectivity index (χ2v) is 11.8. The molecule has 104 valence electrons. The van der Waals surface area contributed by atoms with Crippen LogP contribution in [0.5, 0.6) is 0 Å². The number of hydrogen-bond acceptors (Lipinski definition) is 1. The van der Waals surface area contributed by atoms with Crippen molar-refractivity contribution in [3.8, 4) is 0 Å². The third-order valence-corrected chi connectivity index (χ3v) is 8.70. The van der Waals surface area contributed by atoms with Gasteiger partial charge < -0.3 is 4.43 Å². The van der Waals surface area contributed by atoms with Gasteiger partial charge in [0.1, 0.15) is 0 Å². The summed E-state index contributed by atoms with van der Waals surface area (Å²) >= 11 is 0. The molecule has 0 bridgehead atoms. The first-order chi connectivity index (χ1) is 8.22. The Labute approximate surface area is 114 Å². The van der Waals surface area contributed by atoms with Gasteiger partial charge in [0.2, 0.25) is 0 Å². The number of unbranched alkanes of at least 4 members (excludes halogenated alkanes) is 2. The molecule has 0 aromatic rings. The third kappa shape index (κ3) is 4.42. The van der Waals surface area contributed by atoms with Crippen molar-refractivity contribution in [3.05, 3.63) is 17.9 Å². The first kappa shape index (κ1) is 15.8. The lowest BCUT2D eigenvalue weighted by molar-refractivity contribution is 0.206. The summed E-state index contributed by atoms with van der Waals surface area (Å²) in [7, 11) is -1.64. The van der Waals surface area contributed by atoms with Crippen molar-refractivity contribution in [2.24, 2.45) is 0 Å². The second kappa shape index (κ2) is 5.77. The number of hydrogen-bond donors (Lipinski definition) is 0. The van der Waals surface area contributed by atoms with E-state index in [1.54, 1.807) is 0 Å². The molecule has 1 rings (SSSR count). The van der Waals surface area contributed by atoms with E-state index in [1.165, 1.54) is 25.7 Å². The van der Waals surface area contributed by atoms with Crippen molar-refractivity contribution < 1.29 is 4.43 Å². The minimum absolute atomic E-state index is 0.0334. The molecule has 0 aliphatic heterocycles. The van der Waals surface area contributed by atoms with Crippen LogP contribution in [0.25, 0.3) is 0 Å². The Morgan fingerprint density at radius 3 is 2.33 bits per heavy atom. The van der Waals surface area contributed by atoms with E-state index in [0.717, 1.165) is 6.42 Å². The fraction of sp³-hybridized carbons (Fsp3) is 0.812. The van der Waals surface area contributed by atoms with Crippen LogP contribution in [0.2, 0.25) is 18.1 Å². The summed E-state index contributed by atoms with van der Waals surface area (Å²) < 4.78 is 6.51. The largest absolute Gasteiger partial charge is 0.407 e. The monoisotopic (exact) mass is 266 g/mol. The maximum absolute atomic E-state index is 6.51. The van der Waals surface area contributed by atoms with Crippen LogP contribution in [0.15, 0.2) is 17.9 Å². The molecule has 0 N–H and O–H groups in total. The first-order valence-electron chi connectivity index (χ1n) is 7.35. The Morgan fingerprint density at radius 2 is 1.89 bits per heavy atom. The normalized spacial score (nSPS) is 18.1. The smallest absolute Gasteiger partial charge is 0.193 e. The summed E-state index contributed by atoms with van der Waals surface area (Å²) in [5.74, 6) is 0. The molecule has 1 saturated carbocycles. The second-order valence-electron chi connectivity index (χ2n) is 7.08. The van der Waals surface area contributed by atoms with Crippen LogP contribution in [-0.2, 0) is 4.43 Å². The zero-order valence-corrected chi connectivity index (χ0v) is 14.1. The van der Waals surface area contributed by atoms with Gasteiger partial charge in [-0.3, -0.25) is 0 Å². The molecule has 0 radical (unpaired) electrons. The summed E-state index contributed by atoms with van der Waals surface area (Å²) in [4.78, 5) is 0. The van der Waals surface area contributed by atoms with E-state index < -0.39 is 8.32 Å². The van der Waals surface area contributed by atoms with E-state index in [4.69, 9.17) is 4.43 Å². The quantitative estimate of drug-likeness (QED) is 0.353. The van der Waals surface area contributed by atoms with E-state index in [9.17, 15) is 0 Å². The van der Waals surface area contributed by atoms with E-state index in [-0.39, 0.29) is 5.60 Å². The Bertz CT molecular complexity index is 325. The van der Waals surface area contributed by atoms with Gasteiger partial charge >= 0.3 is 0 Å². The number of rotatable bonds is 6. The molecule has 1 aliphatic carbocycles. The van der Waals surface area contributed by atoms with Gasteiger partial charge in [-0.15, -0.1) is 5.73 Å². The summed E-state index contributed by atoms with van der Waals surface area (Å²) in [6.07, 6.45) is 10.4. The van der Waals surface area contributed by atoms with Crippen molar-refractivity contribution in [1.29, 1.82) is 0 Å². The standard InChI is InChI=1S/C16H30OSi/c1-7-8-9-10-11-12-16(13-14-16)17-18(5,6)15(2,3)4/h10,12H,7-9,13-14H2,1-6H3. The molecule has 0 saturated heterocycles. The van der Waals surface area contributed by atoms with Crippen LogP contribution < -0.4 is 0 Å². The van der Waals surface area contributed by atoms with Gasteiger partial charge in [0.05, 0.1) is 5.60 Å². The minimum atomic E-state index is -1.64. The molecule has 1 aliphatic rings. The molecular weight excluding hydrogens is 236 g/mol. The predicted molar refractivity (Wildman–Crippen MR) is 82.4 cm³/mol. The molecule has 0 heterocycles. The summed E-state index contributed by atoms with van der Waals surface area (Å²) in [6, 6.07) is 0. The van der Waals surface area contributed by atoms with Crippen molar-refractivity contribution in [3.63, 3.8) is 0 Å². The van der Waals surface area contributed by atoms with Crippen molar-refractivity contribution in [2.75, 3.05) is 0 Å². The van der Waals surface area contributed by atoms with E-state index in [0.29, 0.717) is 5.04 Å². The molecule has 0 aromatic carbocycles. The van der Waals surface area contributed by atoms with Crippen LogP contribution >= 0.6 is 0 Å². The van der Waals surface area contributed by atoms with E-state index in [2.05, 4.69) is 58.7 Å². The van der Waals surface area contributed by atoms with E-state index >= 15 is 0 Å². The van der Waals surface area contributed by atoms with Crippen molar-refractivity contribution >= 4 is 8.32 Å². The van der Waals surface area contributed by atoms with Crippen molar-refractivity contribution in [2.45, 2.75) is 83.5 Å². The maximum atomic E-state index is 6.51. The lowest BCUT2D eigenvalue weighted by atomic mass is 10.2. The molecule has 1 fully saturated rings. The molecule has 0 unspecified atom stereocenters. The SMILES string of the molecule is CCCCC=C=CC1(O[Si](C)(C)C(C)(C)C)CC1. The van der Waals surface area contributed by atoms with Crippen LogP contribution in [-0.4, -0.2) is 13.9 Å². The Balaban J connectivity index is 2.59. The Morgan fingerprint density at radius 1 is 1.28 bits per heavy atom. The zero-order valence-electron chi connectivity index (χ0n) is 13.1.